The molecule has 0 atom stereocenters. The van der Waals surface area contributed by atoms with Crippen molar-refractivity contribution < 1.29 is 19.0 Å². The van der Waals surface area contributed by atoms with E-state index in [2.05, 4.69) is 10.4 Å². The third kappa shape index (κ3) is 3.48. The predicted molar refractivity (Wildman–Crippen MR) is 104 cm³/mol. The van der Waals surface area contributed by atoms with Gasteiger partial charge < -0.3 is 19.5 Å². The van der Waals surface area contributed by atoms with Crippen molar-refractivity contribution in [1.29, 1.82) is 0 Å². The lowest BCUT2D eigenvalue weighted by Gasteiger charge is -2.14. The molecule has 1 N–H and O–H groups in total. The SMILES string of the molecule is COc1cc(C(=O)NCc2nn(C)c(=O)c3ccccc23)cc(OC)c1OC. The summed E-state index contributed by atoms with van der Waals surface area (Å²) in [5.41, 5.74) is 0.762. The van der Waals surface area contributed by atoms with Crippen molar-refractivity contribution in [2.75, 3.05) is 21.3 Å². The number of benzene rings is 2. The van der Waals surface area contributed by atoms with Crippen LogP contribution in [0.15, 0.2) is 41.2 Å². The molecule has 146 valence electrons. The molecule has 0 aliphatic carbocycles. The number of hydrogen-bond donors (Lipinski definition) is 1. The van der Waals surface area contributed by atoms with Crippen LogP contribution in [0, 0.1) is 0 Å². The maximum atomic E-state index is 12.7. The van der Waals surface area contributed by atoms with E-state index in [0.29, 0.717) is 39.3 Å². The highest BCUT2D eigenvalue weighted by atomic mass is 16.5. The number of rotatable bonds is 6. The van der Waals surface area contributed by atoms with Gasteiger partial charge in [-0.15, -0.1) is 0 Å². The van der Waals surface area contributed by atoms with E-state index < -0.39 is 0 Å². The van der Waals surface area contributed by atoms with Crippen LogP contribution in [0.25, 0.3) is 10.8 Å². The molecule has 1 aromatic heterocycles. The van der Waals surface area contributed by atoms with Crippen molar-refractivity contribution in [2.24, 2.45) is 7.05 Å². The monoisotopic (exact) mass is 383 g/mol. The summed E-state index contributed by atoms with van der Waals surface area (Å²) < 4.78 is 17.1. The van der Waals surface area contributed by atoms with Gasteiger partial charge in [-0.2, -0.15) is 5.10 Å². The molecule has 1 heterocycles. The fourth-order valence-electron chi connectivity index (χ4n) is 2.98. The molecule has 3 rings (SSSR count). The van der Waals surface area contributed by atoms with Gasteiger partial charge in [-0.3, -0.25) is 9.59 Å². The number of aromatic nitrogens is 2. The molecular weight excluding hydrogens is 362 g/mol. The summed E-state index contributed by atoms with van der Waals surface area (Å²) in [5.74, 6) is 0.849. The molecule has 0 saturated carbocycles. The van der Waals surface area contributed by atoms with E-state index >= 15 is 0 Å². The van der Waals surface area contributed by atoms with Crippen molar-refractivity contribution in [3.8, 4) is 17.2 Å². The van der Waals surface area contributed by atoms with Crippen LogP contribution in [-0.4, -0.2) is 37.0 Å². The van der Waals surface area contributed by atoms with E-state index in [0.717, 1.165) is 0 Å². The molecule has 0 saturated heterocycles. The average molecular weight is 383 g/mol. The fraction of sp³-hybridized carbons (Fsp3) is 0.250. The summed E-state index contributed by atoms with van der Waals surface area (Å²) in [6, 6.07) is 10.3. The topological polar surface area (TPSA) is 91.7 Å². The first-order valence-corrected chi connectivity index (χ1v) is 8.53. The molecule has 0 aliphatic rings. The van der Waals surface area contributed by atoms with Crippen LogP contribution >= 0.6 is 0 Å². The van der Waals surface area contributed by atoms with E-state index in [1.165, 1.54) is 26.0 Å². The molecule has 0 spiro atoms. The summed E-state index contributed by atoms with van der Waals surface area (Å²) in [4.78, 5) is 24.9. The van der Waals surface area contributed by atoms with Crippen LogP contribution in [-0.2, 0) is 13.6 Å². The Hall–Kier alpha value is -3.55. The highest BCUT2D eigenvalue weighted by molar-refractivity contribution is 5.96. The first kappa shape index (κ1) is 19.2. The molecule has 0 bridgehead atoms. The molecule has 28 heavy (non-hydrogen) atoms. The number of nitrogens with one attached hydrogen (secondary N) is 1. The van der Waals surface area contributed by atoms with Gasteiger partial charge in [-0.25, -0.2) is 4.68 Å². The molecule has 0 radical (unpaired) electrons. The second kappa shape index (κ2) is 7.99. The summed E-state index contributed by atoms with van der Waals surface area (Å²) in [7, 11) is 6.05. The van der Waals surface area contributed by atoms with Crippen LogP contribution in [0.2, 0.25) is 0 Å². The third-order valence-electron chi connectivity index (χ3n) is 4.38. The zero-order valence-electron chi connectivity index (χ0n) is 16.1. The zero-order valence-corrected chi connectivity index (χ0v) is 16.1. The lowest BCUT2D eigenvalue weighted by Crippen LogP contribution is -2.27. The number of amides is 1. The number of nitrogens with zero attached hydrogens (tertiary/aromatic N) is 2. The van der Waals surface area contributed by atoms with Crippen LogP contribution < -0.4 is 25.1 Å². The van der Waals surface area contributed by atoms with Gasteiger partial charge in [0.1, 0.15) is 0 Å². The van der Waals surface area contributed by atoms with E-state index in [4.69, 9.17) is 14.2 Å². The van der Waals surface area contributed by atoms with Gasteiger partial charge in [0.15, 0.2) is 11.5 Å². The minimum atomic E-state index is -0.334. The van der Waals surface area contributed by atoms with Crippen molar-refractivity contribution in [2.45, 2.75) is 6.54 Å². The number of hydrogen-bond acceptors (Lipinski definition) is 6. The smallest absolute Gasteiger partial charge is 0.274 e. The number of carbonyl (C=O) groups is 1. The van der Waals surface area contributed by atoms with Crippen LogP contribution in [0.4, 0.5) is 0 Å². The maximum Gasteiger partial charge on any atom is 0.274 e. The first-order valence-electron chi connectivity index (χ1n) is 8.53. The Morgan fingerprint density at radius 1 is 1.04 bits per heavy atom. The summed E-state index contributed by atoms with van der Waals surface area (Å²) in [6.45, 7) is 0.157. The Kier molecular flexibility index (Phi) is 5.49. The highest BCUT2D eigenvalue weighted by Crippen LogP contribution is 2.38. The van der Waals surface area contributed by atoms with Crippen LogP contribution in [0.1, 0.15) is 16.1 Å². The lowest BCUT2D eigenvalue weighted by molar-refractivity contribution is 0.0949. The Balaban J connectivity index is 1.90. The van der Waals surface area contributed by atoms with Gasteiger partial charge in [-0.1, -0.05) is 18.2 Å². The molecule has 0 aliphatic heterocycles. The second-order valence-electron chi connectivity index (χ2n) is 6.02. The van der Waals surface area contributed by atoms with Crippen LogP contribution in [0.5, 0.6) is 17.2 Å². The molecular formula is C20H21N3O5. The number of fused-ring (bicyclic) bond motifs is 1. The van der Waals surface area contributed by atoms with Crippen molar-refractivity contribution in [3.05, 3.63) is 58.0 Å². The van der Waals surface area contributed by atoms with Gasteiger partial charge in [-0.05, 0) is 18.2 Å². The van der Waals surface area contributed by atoms with Crippen LogP contribution in [0.3, 0.4) is 0 Å². The number of aryl methyl sites for hydroxylation is 1. The largest absolute Gasteiger partial charge is 0.493 e. The second-order valence-corrected chi connectivity index (χ2v) is 6.02. The molecule has 8 nitrogen and oxygen atoms in total. The molecule has 2 aromatic carbocycles. The Labute approximate surface area is 161 Å². The lowest BCUT2D eigenvalue weighted by atomic mass is 10.1. The minimum absolute atomic E-state index is 0.157. The van der Waals surface area contributed by atoms with Crippen molar-refractivity contribution in [1.82, 2.24) is 15.1 Å². The highest BCUT2D eigenvalue weighted by Gasteiger charge is 2.17. The summed E-state index contributed by atoms with van der Waals surface area (Å²) in [6.07, 6.45) is 0. The molecule has 0 unspecified atom stereocenters. The Morgan fingerprint density at radius 2 is 1.64 bits per heavy atom. The molecule has 8 heteroatoms. The average Bonchev–Trinajstić information content (AvgIpc) is 2.73. The number of carbonyl (C=O) groups excluding carboxylic acids is 1. The van der Waals surface area contributed by atoms with Gasteiger partial charge in [0.25, 0.3) is 11.5 Å². The standard InChI is InChI=1S/C20H21N3O5/c1-23-20(25)14-8-6-5-7-13(14)15(22-23)11-21-19(24)12-9-16(26-2)18(28-4)17(10-12)27-3/h5-10H,11H2,1-4H3,(H,21,24). The molecule has 1 amide bonds. The Morgan fingerprint density at radius 3 is 2.21 bits per heavy atom. The number of methoxy groups -OCH3 is 3. The van der Waals surface area contributed by atoms with E-state index in [1.807, 2.05) is 12.1 Å². The molecule has 3 aromatic rings. The third-order valence-corrected chi connectivity index (χ3v) is 4.38. The van der Waals surface area contributed by atoms with Crippen molar-refractivity contribution in [3.63, 3.8) is 0 Å². The summed E-state index contributed by atoms with van der Waals surface area (Å²) >= 11 is 0. The van der Waals surface area contributed by atoms with E-state index in [1.54, 1.807) is 31.3 Å². The summed E-state index contributed by atoms with van der Waals surface area (Å²) in [5, 5.41) is 8.36. The van der Waals surface area contributed by atoms with Gasteiger partial charge in [0.05, 0.1) is 39.0 Å². The van der Waals surface area contributed by atoms with E-state index in [9.17, 15) is 9.59 Å². The molecule has 0 fully saturated rings. The first-order chi connectivity index (χ1) is 13.5. The maximum absolute atomic E-state index is 12.7. The Bertz CT molecular complexity index is 1070. The van der Waals surface area contributed by atoms with E-state index in [-0.39, 0.29) is 18.0 Å². The van der Waals surface area contributed by atoms with Crippen molar-refractivity contribution >= 4 is 16.7 Å². The minimum Gasteiger partial charge on any atom is -0.493 e. The predicted octanol–water partition coefficient (Wildman–Crippen LogP) is 1.89. The van der Waals surface area contributed by atoms with Gasteiger partial charge in [0.2, 0.25) is 5.75 Å². The van der Waals surface area contributed by atoms with Gasteiger partial charge in [0, 0.05) is 18.0 Å². The normalized spacial score (nSPS) is 10.6. The zero-order chi connectivity index (χ0) is 20.3. The number of ether oxygens (including phenoxy) is 3. The van der Waals surface area contributed by atoms with Gasteiger partial charge >= 0.3 is 0 Å². The quantitative estimate of drug-likeness (QED) is 0.699. The fourth-order valence-corrected chi connectivity index (χ4v) is 2.98.